The van der Waals surface area contributed by atoms with Crippen molar-refractivity contribution >= 4 is 9.84 Å². The van der Waals surface area contributed by atoms with Gasteiger partial charge in [-0.2, -0.15) is 5.10 Å². The van der Waals surface area contributed by atoms with Crippen LogP contribution >= 0.6 is 0 Å². The maximum Gasteiger partial charge on any atom is 0.164 e. The van der Waals surface area contributed by atoms with Gasteiger partial charge in [0.1, 0.15) is 16.2 Å². The third-order valence-corrected chi connectivity index (χ3v) is 5.31. The van der Waals surface area contributed by atoms with Crippen LogP contribution in [0, 0.1) is 0 Å². The lowest BCUT2D eigenvalue weighted by Crippen LogP contribution is -2.29. The van der Waals surface area contributed by atoms with Gasteiger partial charge in [0.2, 0.25) is 0 Å². The molecule has 0 aliphatic heterocycles. The fourth-order valence-electron chi connectivity index (χ4n) is 2.55. The minimum Gasteiger partial charge on any atom is -0.310 e. The second-order valence-corrected chi connectivity index (χ2v) is 7.52. The predicted octanol–water partition coefficient (Wildman–Crippen LogP) is 0.916. The summed E-state index contributed by atoms with van der Waals surface area (Å²) < 4.78 is 25.1. The summed E-state index contributed by atoms with van der Waals surface area (Å²) in [6.07, 6.45) is 6.40. The summed E-state index contributed by atoms with van der Waals surface area (Å²) in [5, 5.41) is 7.39. The summed E-state index contributed by atoms with van der Waals surface area (Å²) >= 11 is 0. The molecule has 2 atom stereocenters. The molecule has 1 aliphatic rings. The molecule has 0 bridgehead atoms. The van der Waals surface area contributed by atoms with Crippen LogP contribution in [-0.2, 0) is 16.4 Å². The van der Waals surface area contributed by atoms with Crippen molar-refractivity contribution in [3.8, 4) is 0 Å². The first kappa shape index (κ1) is 14.5. The Bertz CT molecular complexity index is 512. The zero-order valence-corrected chi connectivity index (χ0v) is 12.4. The zero-order valence-electron chi connectivity index (χ0n) is 11.5. The highest BCUT2D eigenvalue weighted by molar-refractivity contribution is 7.91. The Kier molecular flexibility index (Phi) is 4.57. The van der Waals surface area contributed by atoms with Gasteiger partial charge in [0, 0.05) is 6.26 Å². The van der Waals surface area contributed by atoms with E-state index in [1.807, 2.05) is 11.6 Å². The van der Waals surface area contributed by atoms with Gasteiger partial charge in [-0.15, -0.1) is 0 Å². The summed E-state index contributed by atoms with van der Waals surface area (Å²) in [5.74, 6) is 0.767. The minimum atomic E-state index is -2.95. The molecule has 7 heteroatoms. The van der Waals surface area contributed by atoms with Crippen LogP contribution in [0.2, 0.25) is 0 Å². The molecule has 1 aromatic rings. The van der Waals surface area contributed by atoms with Gasteiger partial charge in [-0.3, -0.25) is 0 Å². The van der Waals surface area contributed by atoms with Crippen molar-refractivity contribution in [1.29, 1.82) is 0 Å². The molecule has 1 heterocycles. The molecule has 0 aromatic carbocycles. The summed E-state index contributed by atoms with van der Waals surface area (Å²) in [6.45, 7) is 3.58. The molecule has 2 rings (SSSR count). The van der Waals surface area contributed by atoms with Crippen molar-refractivity contribution in [2.75, 3.05) is 12.8 Å². The summed E-state index contributed by atoms with van der Waals surface area (Å²) in [6, 6.07) is 0.163. The topological polar surface area (TPSA) is 76.9 Å². The van der Waals surface area contributed by atoms with E-state index in [1.165, 1.54) is 6.26 Å². The van der Waals surface area contributed by atoms with Crippen LogP contribution in [0.1, 0.15) is 44.5 Å². The lowest BCUT2D eigenvalue weighted by atomic mass is 9.95. The van der Waals surface area contributed by atoms with Crippen molar-refractivity contribution in [3.05, 3.63) is 12.2 Å². The monoisotopic (exact) mass is 286 g/mol. The fourth-order valence-corrected chi connectivity index (χ4v) is 3.72. The Morgan fingerprint density at radius 2 is 2.26 bits per heavy atom. The Hall–Kier alpha value is -0.950. The first-order valence-corrected chi connectivity index (χ1v) is 8.75. The van der Waals surface area contributed by atoms with E-state index in [0.29, 0.717) is 13.0 Å². The minimum absolute atomic E-state index is 0.163. The fraction of sp³-hybridized carbons (Fsp3) is 0.833. The molecule has 1 saturated carbocycles. The molecule has 2 unspecified atom stereocenters. The Morgan fingerprint density at radius 1 is 1.47 bits per heavy atom. The third kappa shape index (κ3) is 3.76. The standard InChI is InChI=1S/C12H22N4O2S/c1-3-13-8-12-14-9-16(15-12)10-5-4-6-11(7-10)19(2,17)18/h9-11,13H,3-8H2,1-2H3. The molecule has 0 amide bonds. The first-order chi connectivity index (χ1) is 9.00. The molecule has 1 N–H and O–H groups in total. The van der Waals surface area contributed by atoms with Crippen molar-refractivity contribution in [2.24, 2.45) is 0 Å². The van der Waals surface area contributed by atoms with E-state index in [0.717, 1.165) is 31.6 Å². The first-order valence-electron chi connectivity index (χ1n) is 6.80. The van der Waals surface area contributed by atoms with Crippen LogP contribution in [0.25, 0.3) is 0 Å². The van der Waals surface area contributed by atoms with Crippen LogP contribution in [0.3, 0.4) is 0 Å². The SMILES string of the molecule is CCNCc1ncn(C2CCCC(S(C)(=O)=O)C2)n1. The highest BCUT2D eigenvalue weighted by Gasteiger charge is 2.30. The lowest BCUT2D eigenvalue weighted by molar-refractivity contribution is 0.327. The average Bonchev–Trinajstić information content (AvgIpc) is 2.84. The van der Waals surface area contributed by atoms with Crippen molar-refractivity contribution in [3.63, 3.8) is 0 Å². The number of hydrogen-bond acceptors (Lipinski definition) is 5. The molecule has 6 nitrogen and oxygen atoms in total. The van der Waals surface area contributed by atoms with E-state index in [2.05, 4.69) is 15.4 Å². The summed E-state index contributed by atoms with van der Waals surface area (Å²) in [7, 11) is -2.95. The number of rotatable bonds is 5. The quantitative estimate of drug-likeness (QED) is 0.871. The second kappa shape index (κ2) is 6.00. The number of nitrogens with one attached hydrogen (secondary N) is 1. The van der Waals surface area contributed by atoms with E-state index >= 15 is 0 Å². The van der Waals surface area contributed by atoms with Crippen molar-refractivity contribution in [1.82, 2.24) is 20.1 Å². The second-order valence-electron chi connectivity index (χ2n) is 5.19. The Balaban J connectivity index is 2.03. The molecular formula is C12H22N4O2S. The highest BCUT2D eigenvalue weighted by atomic mass is 32.2. The molecule has 108 valence electrons. The normalized spacial score (nSPS) is 24.5. The van der Waals surface area contributed by atoms with Gasteiger partial charge in [-0.1, -0.05) is 13.3 Å². The molecule has 0 saturated heterocycles. The van der Waals surface area contributed by atoms with Crippen LogP contribution in [0.15, 0.2) is 6.33 Å². The number of sulfone groups is 1. The van der Waals surface area contributed by atoms with Crippen molar-refractivity contribution < 1.29 is 8.42 Å². The van der Waals surface area contributed by atoms with E-state index in [9.17, 15) is 8.42 Å². The van der Waals surface area contributed by atoms with Gasteiger partial charge in [0.15, 0.2) is 5.82 Å². The van der Waals surface area contributed by atoms with Crippen LogP contribution in [0.4, 0.5) is 0 Å². The van der Waals surface area contributed by atoms with Gasteiger partial charge in [0.05, 0.1) is 17.8 Å². The molecule has 19 heavy (non-hydrogen) atoms. The van der Waals surface area contributed by atoms with E-state index < -0.39 is 9.84 Å². The van der Waals surface area contributed by atoms with E-state index in [1.54, 1.807) is 6.33 Å². The zero-order chi connectivity index (χ0) is 13.9. The molecule has 1 fully saturated rings. The van der Waals surface area contributed by atoms with E-state index in [4.69, 9.17) is 0 Å². The lowest BCUT2D eigenvalue weighted by Gasteiger charge is -2.27. The smallest absolute Gasteiger partial charge is 0.164 e. The Labute approximate surface area is 114 Å². The van der Waals surface area contributed by atoms with Crippen LogP contribution < -0.4 is 5.32 Å². The average molecular weight is 286 g/mol. The molecule has 1 aromatic heterocycles. The summed E-state index contributed by atoms with van der Waals surface area (Å²) in [5.41, 5.74) is 0. The predicted molar refractivity (Wildman–Crippen MR) is 73.5 cm³/mol. The van der Waals surface area contributed by atoms with Gasteiger partial charge >= 0.3 is 0 Å². The maximum atomic E-state index is 11.7. The van der Waals surface area contributed by atoms with Crippen LogP contribution in [-0.4, -0.2) is 41.2 Å². The van der Waals surface area contributed by atoms with Crippen LogP contribution in [0.5, 0.6) is 0 Å². The third-order valence-electron chi connectivity index (χ3n) is 3.67. The highest BCUT2D eigenvalue weighted by Crippen LogP contribution is 2.31. The molecule has 0 spiro atoms. The molecule has 1 aliphatic carbocycles. The number of hydrogen-bond donors (Lipinski definition) is 1. The molecular weight excluding hydrogens is 264 g/mol. The Morgan fingerprint density at radius 3 is 2.95 bits per heavy atom. The van der Waals surface area contributed by atoms with Gasteiger partial charge in [-0.25, -0.2) is 18.1 Å². The van der Waals surface area contributed by atoms with Gasteiger partial charge < -0.3 is 5.32 Å². The maximum absolute atomic E-state index is 11.7. The molecule has 0 radical (unpaired) electrons. The van der Waals surface area contributed by atoms with Crippen molar-refractivity contribution in [2.45, 2.75) is 50.4 Å². The summed E-state index contributed by atoms with van der Waals surface area (Å²) in [4.78, 5) is 4.26. The number of aromatic nitrogens is 3. The van der Waals surface area contributed by atoms with E-state index in [-0.39, 0.29) is 11.3 Å². The number of nitrogens with zero attached hydrogens (tertiary/aromatic N) is 3. The van der Waals surface area contributed by atoms with Gasteiger partial charge in [0.25, 0.3) is 0 Å². The van der Waals surface area contributed by atoms with Gasteiger partial charge in [-0.05, 0) is 25.8 Å². The largest absolute Gasteiger partial charge is 0.310 e.